The quantitative estimate of drug-likeness (QED) is 0.653. The third-order valence-corrected chi connectivity index (χ3v) is 2.34. The van der Waals surface area contributed by atoms with Gasteiger partial charge >= 0.3 is 0 Å². The van der Waals surface area contributed by atoms with Crippen molar-refractivity contribution in [2.24, 2.45) is 5.92 Å². The van der Waals surface area contributed by atoms with E-state index in [0.717, 1.165) is 19.4 Å². The van der Waals surface area contributed by atoms with Gasteiger partial charge in [-0.15, -0.1) is 0 Å². The fraction of sp³-hybridized carbons (Fsp3) is 1.00. The summed E-state index contributed by atoms with van der Waals surface area (Å²) >= 11 is 0. The maximum Gasteiger partial charge on any atom is 0.0613 e. The van der Waals surface area contributed by atoms with Crippen LogP contribution in [0.25, 0.3) is 0 Å². The summed E-state index contributed by atoms with van der Waals surface area (Å²) in [6.45, 7) is 5.24. The van der Waals surface area contributed by atoms with Crippen LogP contribution in [0, 0.1) is 5.92 Å². The largest absolute Gasteiger partial charge is 0.378 e. The maximum absolute atomic E-state index is 5.62. The molecule has 0 aliphatic carbocycles. The minimum Gasteiger partial charge on any atom is -0.378 e. The van der Waals surface area contributed by atoms with Crippen molar-refractivity contribution in [2.75, 3.05) is 13.7 Å². The molecule has 12 heavy (non-hydrogen) atoms. The predicted molar refractivity (Wildman–Crippen MR) is 47.7 cm³/mol. The molecular formula is C9H19NO2. The van der Waals surface area contributed by atoms with E-state index in [9.17, 15) is 0 Å². The second-order valence-corrected chi connectivity index (χ2v) is 3.70. The molecule has 0 amide bonds. The normalized spacial score (nSPS) is 31.0. The Bertz CT molecular complexity index is 126. The minimum absolute atomic E-state index is 0.395. The van der Waals surface area contributed by atoms with Gasteiger partial charge in [0, 0.05) is 12.6 Å². The molecular weight excluding hydrogens is 154 g/mol. The first kappa shape index (κ1) is 9.96. The lowest BCUT2D eigenvalue weighted by Crippen LogP contribution is -2.40. The van der Waals surface area contributed by atoms with E-state index in [4.69, 9.17) is 9.57 Å². The van der Waals surface area contributed by atoms with Gasteiger partial charge in [-0.2, -0.15) is 5.48 Å². The lowest BCUT2D eigenvalue weighted by molar-refractivity contribution is -0.0552. The Hall–Kier alpha value is -0.120. The van der Waals surface area contributed by atoms with Gasteiger partial charge in [-0.05, 0) is 18.8 Å². The highest BCUT2D eigenvalue weighted by Crippen LogP contribution is 2.19. The van der Waals surface area contributed by atoms with E-state index in [-0.39, 0.29) is 0 Å². The molecule has 1 N–H and O–H groups in total. The third-order valence-electron chi connectivity index (χ3n) is 2.34. The van der Waals surface area contributed by atoms with E-state index in [1.807, 2.05) is 0 Å². The maximum atomic E-state index is 5.62. The molecule has 72 valence electrons. The van der Waals surface area contributed by atoms with Crippen molar-refractivity contribution in [3.8, 4) is 0 Å². The van der Waals surface area contributed by atoms with E-state index in [1.54, 1.807) is 7.11 Å². The summed E-state index contributed by atoms with van der Waals surface area (Å²) in [5.41, 5.74) is 2.99. The molecule has 1 rings (SSSR count). The van der Waals surface area contributed by atoms with Gasteiger partial charge in [-0.25, -0.2) is 0 Å². The van der Waals surface area contributed by atoms with Crippen LogP contribution in [0.3, 0.4) is 0 Å². The molecule has 2 unspecified atom stereocenters. The topological polar surface area (TPSA) is 30.5 Å². The lowest BCUT2D eigenvalue weighted by atomic mass is 9.96. The van der Waals surface area contributed by atoms with Crippen molar-refractivity contribution in [3.05, 3.63) is 0 Å². The fourth-order valence-corrected chi connectivity index (χ4v) is 1.57. The molecule has 1 aliphatic rings. The molecule has 1 saturated heterocycles. The van der Waals surface area contributed by atoms with Crippen LogP contribution in [0.5, 0.6) is 0 Å². The molecule has 0 saturated carbocycles. The van der Waals surface area contributed by atoms with Gasteiger partial charge in [0.25, 0.3) is 0 Å². The Labute approximate surface area is 74.4 Å². The molecule has 1 aliphatic heterocycles. The van der Waals surface area contributed by atoms with Gasteiger partial charge in [0.2, 0.25) is 0 Å². The monoisotopic (exact) mass is 173 g/mol. The zero-order valence-corrected chi connectivity index (χ0v) is 8.17. The van der Waals surface area contributed by atoms with Crippen LogP contribution in [0.2, 0.25) is 0 Å². The smallest absolute Gasteiger partial charge is 0.0613 e. The molecule has 3 heteroatoms. The molecule has 0 bridgehead atoms. The summed E-state index contributed by atoms with van der Waals surface area (Å²) in [5, 5.41) is 0. The summed E-state index contributed by atoms with van der Waals surface area (Å²) in [4.78, 5) is 4.90. The number of hydrogen-bond donors (Lipinski definition) is 1. The summed E-state index contributed by atoms with van der Waals surface area (Å²) in [6, 6.07) is 0.469. The van der Waals surface area contributed by atoms with Crippen LogP contribution < -0.4 is 5.48 Å². The highest BCUT2D eigenvalue weighted by atomic mass is 16.6. The standard InChI is InChI=1S/C9H19NO2/c1-7(2)9-6-8(10-11-3)4-5-12-9/h7-10H,4-6H2,1-3H3. The van der Waals surface area contributed by atoms with Gasteiger partial charge in [0.15, 0.2) is 0 Å². The predicted octanol–water partition coefficient (Wildman–Crippen LogP) is 1.34. The Kier molecular flexibility index (Phi) is 3.98. The molecule has 1 heterocycles. The highest BCUT2D eigenvalue weighted by Gasteiger charge is 2.24. The summed E-state index contributed by atoms with van der Waals surface area (Å²) < 4.78 is 5.62. The Balaban J connectivity index is 2.30. The van der Waals surface area contributed by atoms with Crippen molar-refractivity contribution in [1.29, 1.82) is 0 Å². The van der Waals surface area contributed by atoms with Crippen LogP contribution >= 0.6 is 0 Å². The van der Waals surface area contributed by atoms with Crippen molar-refractivity contribution in [2.45, 2.75) is 38.8 Å². The zero-order valence-electron chi connectivity index (χ0n) is 8.17. The van der Waals surface area contributed by atoms with E-state index in [0.29, 0.717) is 18.1 Å². The number of hydroxylamine groups is 1. The average Bonchev–Trinajstić information content (AvgIpc) is 2.05. The Morgan fingerprint density at radius 3 is 2.83 bits per heavy atom. The zero-order chi connectivity index (χ0) is 8.97. The first-order valence-corrected chi connectivity index (χ1v) is 4.64. The van der Waals surface area contributed by atoms with Crippen LogP contribution in [0.4, 0.5) is 0 Å². The van der Waals surface area contributed by atoms with E-state index >= 15 is 0 Å². The van der Waals surface area contributed by atoms with E-state index in [2.05, 4.69) is 19.3 Å². The van der Waals surface area contributed by atoms with Crippen LogP contribution in [0.15, 0.2) is 0 Å². The van der Waals surface area contributed by atoms with E-state index in [1.165, 1.54) is 0 Å². The second-order valence-electron chi connectivity index (χ2n) is 3.70. The number of nitrogens with one attached hydrogen (secondary N) is 1. The van der Waals surface area contributed by atoms with Crippen molar-refractivity contribution in [1.82, 2.24) is 5.48 Å². The van der Waals surface area contributed by atoms with E-state index < -0.39 is 0 Å². The molecule has 0 aromatic heterocycles. The SMILES string of the molecule is CONC1CCOC(C(C)C)C1. The van der Waals surface area contributed by atoms with Crippen molar-refractivity contribution in [3.63, 3.8) is 0 Å². The van der Waals surface area contributed by atoms with Crippen LogP contribution in [0.1, 0.15) is 26.7 Å². The van der Waals surface area contributed by atoms with Gasteiger partial charge in [-0.3, -0.25) is 0 Å². The molecule has 3 nitrogen and oxygen atoms in total. The first-order chi connectivity index (χ1) is 5.74. The first-order valence-electron chi connectivity index (χ1n) is 4.64. The molecule has 0 spiro atoms. The molecule has 0 aromatic carbocycles. The summed E-state index contributed by atoms with van der Waals surface area (Å²) in [5.74, 6) is 0.603. The molecule has 0 radical (unpaired) electrons. The minimum atomic E-state index is 0.395. The number of ether oxygens (including phenoxy) is 1. The molecule has 0 aromatic rings. The van der Waals surface area contributed by atoms with Crippen molar-refractivity contribution < 1.29 is 9.57 Å². The second kappa shape index (κ2) is 4.80. The summed E-state index contributed by atoms with van der Waals surface area (Å²) in [7, 11) is 1.67. The van der Waals surface area contributed by atoms with Gasteiger partial charge < -0.3 is 9.57 Å². The lowest BCUT2D eigenvalue weighted by Gasteiger charge is -2.31. The van der Waals surface area contributed by atoms with Crippen LogP contribution in [-0.4, -0.2) is 25.9 Å². The van der Waals surface area contributed by atoms with Crippen LogP contribution in [-0.2, 0) is 9.57 Å². The molecule has 2 atom stereocenters. The number of rotatable bonds is 3. The molecule has 1 fully saturated rings. The summed E-state index contributed by atoms with van der Waals surface area (Å²) in [6.07, 6.45) is 2.51. The van der Waals surface area contributed by atoms with Gasteiger partial charge in [-0.1, -0.05) is 13.8 Å². The Morgan fingerprint density at radius 1 is 1.50 bits per heavy atom. The fourth-order valence-electron chi connectivity index (χ4n) is 1.57. The van der Waals surface area contributed by atoms with Crippen molar-refractivity contribution >= 4 is 0 Å². The van der Waals surface area contributed by atoms with Gasteiger partial charge in [0.1, 0.15) is 0 Å². The third kappa shape index (κ3) is 2.73. The Morgan fingerprint density at radius 2 is 2.25 bits per heavy atom. The average molecular weight is 173 g/mol. The van der Waals surface area contributed by atoms with Gasteiger partial charge in [0.05, 0.1) is 13.2 Å². The number of hydrogen-bond acceptors (Lipinski definition) is 3. The highest BCUT2D eigenvalue weighted by molar-refractivity contribution is 4.76.